The molecule has 0 saturated heterocycles. The lowest BCUT2D eigenvalue weighted by Gasteiger charge is -2.08. The lowest BCUT2D eigenvalue weighted by Crippen LogP contribution is -2.31. The van der Waals surface area contributed by atoms with Gasteiger partial charge in [0.25, 0.3) is 5.91 Å². The van der Waals surface area contributed by atoms with Crippen molar-refractivity contribution in [1.82, 2.24) is 9.71 Å². The molecule has 1 aromatic heterocycles. The first kappa shape index (κ1) is 18.6. The highest BCUT2D eigenvalue weighted by Crippen LogP contribution is 2.10. The first-order chi connectivity index (χ1) is 11.2. The molecule has 9 heteroatoms. The Bertz CT molecular complexity index is 867. The topological polar surface area (TPSA) is 93.2 Å². The third-order valence-electron chi connectivity index (χ3n) is 2.95. The van der Waals surface area contributed by atoms with Gasteiger partial charge in [0.15, 0.2) is 0 Å². The fourth-order valence-corrected chi connectivity index (χ4v) is 3.83. The van der Waals surface area contributed by atoms with E-state index in [0.717, 1.165) is 0 Å². The number of hydrogen-bond donors (Lipinski definition) is 1. The molecule has 0 radical (unpaired) electrons. The van der Waals surface area contributed by atoms with Crippen LogP contribution in [0.5, 0.6) is 0 Å². The van der Waals surface area contributed by atoms with Crippen molar-refractivity contribution in [2.45, 2.75) is 11.5 Å². The third-order valence-corrected chi connectivity index (χ3v) is 5.13. The number of benzene rings is 1. The summed E-state index contributed by atoms with van der Waals surface area (Å²) < 4.78 is 37.4. The molecule has 0 spiro atoms. The first-order valence-corrected chi connectivity index (χ1v) is 10.5. The lowest BCUT2D eigenvalue weighted by atomic mass is 10.1. The van der Waals surface area contributed by atoms with Crippen LogP contribution in [0.3, 0.4) is 0 Å². The number of hydrogen-bond acceptors (Lipinski definition) is 5. The van der Waals surface area contributed by atoms with E-state index in [0.29, 0.717) is 16.9 Å². The van der Waals surface area contributed by atoms with E-state index in [1.54, 1.807) is 18.4 Å². The number of nitrogens with zero attached hydrogens (tertiary/aromatic N) is 1. The van der Waals surface area contributed by atoms with Crippen LogP contribution in [0.15, 0.2) is 42.6 Å². The zero-order valence-corrected chi connectivity index (χ0v) is 15.1. The van der Waals surface area contributed by atoms with Crippen LogP contribution < -0.4 is 4.72 Å². The van der Waals surface area contributed by atoms with E-state index < -0.39 is 26.7 Å². The number of halogens is 1. The van der Waals surface area contributed by atoms with Crippen LogP contribution >= 0.6 is 11.6 Å². The summed E-state index contributed by atoms with van der Waals surface area (Å²) in [7, 11) is -4.93. The fourth-order valence-electron chi connectivity index (χ4n) is 1.98. The normalized spacial score (nSPS) is 12.6. The second kappa shape index (κ2) is 7.87. The molecule has 0 saturated carbocycles. The second-order valence-electron chi connectivity index (χ2n) is 5.10. The summed E-state index contributed by atoms with van der Waals surface area (Å²) >= 11 is 5.65. The summed E-state index contributed by atoms with van der Waals surface area (Å²) in [5.41, 5.74) is 1.30. The molecule has 0 fully saturated rings. The molecule has 1 atom stereocenters. The van der Waals surface area contributed by atoms with E-state index in [2.05, 4.69) is 4.98 Å². The minimum absolute atomic E-state index is 0.191. The fraction of sp³-hybridized carbons (Fsp3) is 0.200. The average molecular weight is 387 g/mol. The van der Waals surface area contributed by atoms with Gasteiger partial charge in [-0.1, -0.05) is 29.8 Å². The summed E-state index contributed by atoms with van der Waals surface area (Å²) in [6, 6.07) is 9.37. The molecule has 0 aliphatic heterocycles. The Balaban J connectivity index is 2.10. The number of carbonyl (C=O) groups is 1. The van der Waals surface area contributed by atoms with Gasteiger partial charge in [0, 0.05) is 34.6 Å². The van der Waals surface area contributed by atoms with Gasteiger partial charge in [0.2, 0.25) is 10.0 Å². The number of sulfonamides is 1. The number of pyridine rings is 1. The van der Waals surface area contributed by atoms with E-state index in [9.17, 15) is 17.4 Å². The molecular weight excluding hydrogens is 372 g/mol. The minimum Gasteiger partial charge on any atom is -0.268 e. The molecule has 0 bridgehead atoms. The standard InChI is InChI=1S/C15H15ClN2O4S2/c1-23(20)9-11-3-2-4-13(7-11)15(19)18-24(21,22)10-12-5-6-14(16)17-8-12/h2-8H,9-10H2,1H3,(H,18,19)/t23-/m0/s1. The average Bonchev–Trinajstić information content (AvgIpc) is 2.48. The van der Waals surface area contributed by atoms with E-state index in [1.807, 2.05) is 4.72 Å². The van der Waals surface area contributed by atoms with Crippen LogP contribution in [0, 0.1) is 0 Å². The molecular formula is C15H15ClN2O4S2. The number of nitrogens with one attached hydrogen (secondary N) is 1. The number of amides is 1. The molecule has 2 rings (SSSR count). The van der Waals surface area contributed by atoms with Crippen LogP contribution in [0.2, 0.25) is 5.15 Å². The lowest BCUT2D eigenvalue weighted by molar-refractivity contribution is 0.0981. The predicted molar refractivity (Wildman–Crippen MR) is 93.5 cm³/mol. The van der Waals surface area contributed by atoms with Crippen molar-refractivity contribution >= 4 is 38.3 Å². The molecule has 0 aliphatic carbocycles. The van der Waals surface area contributed by atoms with Gasteiger partial charge in [0.1, 0.15) is 5.15 Å². The van der Waals surface area contributed by atoms with Crippen LogP contribution in [0.4, 0.5) is 0 Å². The van der Waals surface area contributed by atoms with Gasteiger partial charge in [-0.05, 0) is 29.3 Å². The monoisotopic (exact) mass is 386 g/mol. The highest BCUT2D eigenvalue weighted by molar-refractivity contribution is 7.89. The summed E-state index contributed by atoms with van der Waals surface area (Å²) in [5, 5.41) is 0.255. The maximum absolute atomic E-state index is 12.1. The first-order valence-electron chi connectivity index (χ1n) is 6.79. The van der Waals surface area contributed by atoms with Gasteiger partial charge >= 0.3 is 0 Å². The Kier molecular flexibility index (Phi) is 6.09. The Morgan fingerprint density at radius 3 is 2.62 bits per heavy atom. The van der Waals surface area contributed by atoms with Gasteiger partial charge in [-0.25, -0.2) is 18.1 Å². The molecule has 0 unspecified atom stereocenters. The summed E-state index contributed by atoms with van der Waals surface area (Å²) in [6.45, 7) is 0. The molecule has 1 amide bonds. The van der Waals surface area contributed by atoms with Gasteiger partial charge < -0.3 is 0 Å². The van der Waals surface area contributed by atoms with Crippen LogP contribution in [0.25, 0.3) is 0 Å². The molecule has 24 heavy (non-hydrogen) atoms. The van der Waals surface area contributed by atoms with Crippen LogP contribution in [-0.2, 0) is 32.3 Å². The maximum Gasteiger partial charge on any atom is 0.264 e. The maximum atomic E-state index is 12.1. The summed E-state index contributed by atoms with van der Waals surface area (Å²) in [4.78, 5) is 15.9. The minimum atomic E-state index is -3.87. The van der Waals surface area contributed by atoms with Crippen molar-refractivity contribution in [2.75, 3.05) is 6.26 Å². The third kappa shape index (κ3) is 5.70. The Morgan fingerprint density at radius 2 is 2.00 bits per heavy atom. The number of aromatic nitrogens is 1. The number of carbonyl (C=O) groups excluding carboxylic acids is 1. The highest BCUT2D eigenvalue weighted by atomic mass is 35.5. The molecule has 1 N–H and O–H groups in total. The molecule has 1 heterocycles. The SMILES string of the molecule is C[S@](=O)Cc1cccc(C(=O)NS(=O)(=O)Cc2ccc(Cl)nc2)c1. The molecule has 128 valence electrons. The molecule has 1 aromatic carbocycles. The van der Waals surface area contributed by atoms with Gasteiger partial charge in [0.05, 0.1) is 5.75 Å². The van der Waals surface area contributed by atoms with Crippen molar-refractivity contribution in [3.8, 4) is 0 Å². The second-order valence-corrected chi connectivity index (χ2v) is 8.64. The van der Waals surface area contributed by atoms with Gasteiger partial charge in [-0.2, -0.15) is 0 Å². The Morgan fingerprint density at radius 1 is 1.25 bits per heavy atom. The highest BCUT2D eigenvalue weighted by Gasteiger charge is 2.17. The van der Waals surface area contributed by atoms with Crippen molar-refractivity contribution in [3.63, 3.8) is 0 Å². The Labute approximate surface area is 147 Å². The largest absolute Gasteiger partial charge is 0.268 e. The van der Waals surface area contributed by atoms with Crippen LogP contribution in [0.1, 0.15) is 21.5 Å². The van der Waals surface area contributed by atoms with E-state index in [4.69, 9.17) is 11.6 Å². The van der Waals surface area contributed by atoms with Crippen molar-refractivity contribution in [1.29, 1.82) is 0 Å². The Hall–Kier alpha value is -1.77. The molecule has 2 aromatic rings. The van der Waals surface area contributed by atoms with Crippen molar-refractivity contribution in [3.05, 3.63) is 64.4 Å². The number of rotatable bonds is 6. The summed E-state index contributed by atoms with van der Waals surface area (Å²) in [5.74, 6) is -0.827. The van der Waals surface area contributed by atoms with E-state index >= 15 is 0 Å². The van der Waals surface area contributed by atoms with Gasteiger partial charge in [-0.15, -0.1) is 0 Å². The van der Waals surface area contributed by atoms with E-state index in [1.165, 1.54) is 30.5 Å². The quantitative estimate of drug-likeness (QED) is 0.765. The smallest absolute Gasteiger partial charge is 0.264 e. The van der Waals surface area contributed by atoms with Crippen LogP contribution in [-0.4, -0.2) is 29.8 Å². The molecule has 6 nitrogen and oxygen atoms in total. The summed E-state index contributed by atoms with van der Waals surface area (Å²) in [6.07, 6.45) is 2.89. The van der Waals surface area contributed by atoms with Gasteiger partial charge in [-0.3, -0.25) is 9.00 Å². The predicted octanol–water partition coefficient (Wildman–Crippen LogP) is 1.87. The van der Waals surface area contributed by atoms with E-state index in [-0.39, 0.29) is 16.5 Å². The zero-order chi connectivity index (χ0) is 17.7. The zero-order valence-electron chi connectivity index (χ0n) is 12.7. The molecule has 0 aliphatic rings. The van der Waals surface area contributed by atoms with Crippen molar-refractivity contribution < 1.29 is 17.4 Å². The van der Waals surface area contributed by atoms with Crippen molar-refractivity contribution in [2.24, 2.45) is 0 Å².